The molecule has 0 saturated heterocycles. The van der Waals surface area contributed by atoms with Gasteiger partial charge in [-0.3, -0.25) is 9.36 Å². The van der Waals surface area contributed by atoms with E-state index in [9.17, 15) is 4.79 Å². The zero-order valence-electron chi connectivity index (χ0n) is 26.6. The summed E-state index contributed by atoms with van der Waals surface area (Å²) in [5.41, 5.74) is 7.24. The number of hydrogen-bond donors (Lipinski definition) is 1. The minimum atomic E-state index is -0.468. The van der Waals surface area contributed by atoms with Crippen LogP contribution >= 0.6 is 0 Å². The van der Waals surface area contributed by atoms with Crippen molar-refractivity contribution in [2.75, 3.05) is 31.6 Å². The van der Waals surface area contributed by atoms with Gasteiger partial charge in [-0.2, -0.15) is 10.2 Å². The Hall–Kier alpha value is -3.14. The van der Waals surface area contributed by atoms with E-state index in [1.165, 1.54) is 55.5 Å². The predicted octanol–water partition coefficient (Wildman–Crippen LogP) is 4.89. The van der Waals surface area contributed by atoms with Crippen LogP contribution in [0.4, 0.5) is 10.5 Å². The second-order valence-electron chi connectivity index (χ2n) is 14.2. The Labute approximate surface area is 249 Å². The van der Waals surface area contributed by atoms with E-state index in [-0.39, 0.29) is 11.6 Å². The van der Waals surface area contributed by atoms with Gasteiger partial charge < -0.3 is 19.9 Å². The van der Waals surface area contributed by atoms with Crippen molar-refractivity contribution in [1.29, 1.82) is 0 Å². The van der Waals surface area contributed by atoms with E-state index in [1.54, 1.807) is 4.90 Å². The largest absolute Gasteiger partial charge is 0.444 e. The van der Waals surface area contributed by atoms with Gasteiger partial charge in [-0.1, -0.05) is 0 Å². The van der Waals surface area contributed by atoms with Crippen LogP contribution in [0.15, 0.2) is 12.3 Å². The molecule has 1 aliphatic heterocycles. The fraction of sp³-hybridized carbons (Fsp3) is 0.688. The Morgan fingerprint density at radius 2 is 1.86 bits per heavy atom. The summed E-state index contributed by atoms with van der Waals surface area (Å²) in [4.78, 5) is 21.2. The Balaban J connectivity index is 1.08. The summed E-state index contributed by atoms with van der Waals surface area (Å²) in [5.74, 6) is 0. The molecule has 0 atom stereocenters. The topological polar surface area (TPSA) is 93.3 Å². The zero-order chi connectivity index (χ0) is 29.9. The molecule has 7 rings (SSSR count). The summed E-state index contributed by atoms with van der Waals surface area (Å²) >= 11 is 0. The van der Waals surface area contributed by atoms with Gasteiger partial charge in [0.2, 0.25) is 0 Å². The molecule has 3 aliphatic carbocycles. The maximum absolute atomic E-state index is 12.3. The van der Waals surface area contributed by atoms with E-state index in [2.05, 4.69) is 39.9 Å². The van der Waals surface area contributed by atoms with Crippen LogP contribution in [0.5, 0.6) is 0 Å². The number of carbonyl (C=O) groups is 1. The van der Waals surface area contributed by atoms with Crippen molar-refractivity contribution >= 4 is 22.8 Å². The van der Waals surface area contributed by atoms with Crippen LogP contribution in [0.3, 0.4) is 0 Å². The Morgan fingerprint density at radius 1 is 1.14 bits per heavy atom. The van der Waals surface area contributed by atoms with Crippen molar-refractivity contribution in [3.8, 4) is 0 Å². The number of aryl methyl sites for hydroxylation is 3. The van der Waals surface area contributed by atoms with Gasteiger partial charge in [0.05, 0.1) is 23.0 Å². The van der Waals surface area contributed by atoms with Gasteiger partial charge in [-0.25, -0.2) is 9.78 Å². The van der Waals surface area contributed by atoms with Crippen LogP contribution in [0.25, 0.3) is 11.0 Å². The minimum absolute atomic E-state index is 0.205. The molecular weight excluding hydrogens is 528 g/mol. The zero-order valence-corrected chi connectivity index (χ0v) is 26.6. The second-order valence-corrected chi connectivity index (χ2v) is 14.2. The van der Waals surface area contributed by atoms with Crippen molar-refractivity contribution in [1.82, 2.24) is 34.8 Å². The first-order valence-corrected chi connectivity index (χ1v) is 15.6. The lowest BCUT2D eigenvalue weighted by Gasteiger charge is -2.54. The van der Waals surface area contributed by atoms with Crippen molar-refractivity contribution in [3.05, 3.63) is 34.9 Å². The molecule has 0 radical (unpaired) electrons. The standard InChI is InChI=1S/C32H48N8O2/c1-22-18-27(24-19-34-38(7)28(24)35-22)39-16-8-26-25(20-39)23(2)36-40(26)21-31-9-12-32(13-10-31,14-11-31)33-15-17-37(6)29(41)42-30(3,4)5/h18-19,33H,8-17,20-21H2,1-7H3. The van der Waals surface area contributed by atoms with Crippen LogP contribution in [0, 0.1) is 19.3 Å². The molecule has 0 unspecified atom stereocenters. The minimum Gasteiger partial charge on any atom is -0.444 e. The van der Waals surface area contributed by atoms with Gasteiger partial charge in [-0.05, 0) is 84.6 Å². The van der Waals surface area contributed by atoms with Crippen LogP contribution < -0.4 is 10.2 Å². The van der Waals surface area contributed by atoms with Gasteiger partial charge in [-0.15, -0.1) is 0 Å². The maximum atomic E-state index is 12.3. The van der Waals surface area contributed by atoms with Crippen molar-refractivity contribution < 1.29 is 9.53 Å². The first-order chi connectivity index (χ1) is 19.9. The van der Waals surface area contributed by atoms with Gasteiger partial charge in [0.25, 0.3) is 0 Å². The molecule has 3 fully saturated rings. The molecule has 10 heteroatoms. The Bertz CT molecular complexity index is 1460. The van der Waals surface area contributed by atoms with Crippen LogP contribution in [0.1, 0.15) is 81.9 Å². The number of pyridine rings is 1. The number of rotatable bonds is 7. The van der Waals surface area contributed by atoms with Crippen LogP contribution in [-0.4, -0.2) is 73.4 Å². The van der Waals surface area contributed by atoms with E-state index in [0.717, 1.165) is 55.0 Å². The monoisotopic (exact) mass is 576 g/mol. The molecule has 10 nitrogen and oxygen atoms in total. The number of hydrogen-bond acceptors (Lipinski definition) is 7. The molecule has 3 aromatic rings. The molecule has 2 bridgehead atoms. The normalized spacial score (nSPS) is 23.8. The van der Waals surface area contributed by atoms with Crippen LogP contribution in [0.2, 0.25) is 0 Å². The van der Waals surface area contributed by atoms with E-state index in [4.69, 9.17) is 14.8 Å². The summed E-state index contributed by atoms with van der Waals surface area (Å²) in [6.07, 6.45) is 9.99. The second kappa shape index (κ2) is 10.5. The first-order valence-electron chi connectivity index (χ1n) is 15.6. The van der Waals surface area contributed by atoms with Gasteiger partial charge in [0.1, 0.15) is 5.60 Å². The predicted molar refractivity (Wildman–Crippen MR) is 165 cm³/mol. The quantitative estimate of drug-likeness (QED) is 0.428. The lowest BCUT2D eigenvalue weighted by atomic mass is 9.57. The molecule has 228 valence electrons. The highest BCUT2D eigenvalue weighted by atomic mass is 16.6. The highest BCUT2D eigenvalue weighted by Gasteiger charge is 2.49. The summed E-state index contributed by atoms with van der Waals surface area (Å²) < 4.78 is 9.75. The number of aromatic nitrogens is 5. The van der Waals surface area contributed by atoms with E-state index < -0.39 is 5.60 Å². The average molecular weight is 577 g/mol. The van der Waals surface area contributed by atoms with Crippen molar-refractivity contribution in [2.45, 2.75) is 104 Å². The molecule has 4 heterocycles. The lowest BCUT2D eigenvalue weighted by Crippen LogP contribution is -2.57. The fourth-order valence-electron chi connectivity index (χ4n) is 7.48. The SMILES string of the molecule is Cc1cc(N2CCc3c(c(C)nn3CC34CCC(NCCN(C)C(=O)OC(C)(C)C)(CC3)CC4)C2)c2cnn(C)c2n1. The van der Waals surface area contributed by atoms with E-state index >= 15 is 0 Å². The third-order valence-electron chi connectivity index (χ3n) is 10.0. The molecule has 1 amide bonds. The Morgan fingerprint density at radius 3 is 2.55 bits per heavy atom. The van der Waals surface area contributed by atoms with Gasteiger partial charge in [0.15, 0.2) is 5.65 Å². The summed E-state index contributed by atoms with van der Waals surface area (Å²) in [6.45, 7) is 14.3. The maximum Gasteiger partial charge on any atom is 0.410 e. The first kappa shape index (κ1) is 29.0. The fourth-order valence-corrected chi connectivity index (χ4v) is 7.48. The van der Waals surface area contributed by atoms with Gasteiger partial charge in [0, 0.05) is 75.7 Å². The number of amides is 1. The van der Waals surface area contributed by atoms with E-state index in [1.807, 2.05) is 45.7 Å². The molecule has 42 heavy (non-hydrogen) atoms. The summed E-state index contributed by atoms with van der Waals surface area (Å²) in [6, 6.07) is 2.20. The molecule has 1 N–H and O–H groups in total. The number of anilines is 1. The number of ether oxygens (including phenoxy) is 1. The molecule has 0 aromatic carbocycles. The number of nitrogens with one attached hydrogen (secondary N) is 1. The number of carbonyl (C=O) groups excluding carboxylic acids is 1. The smallest absolute Gasteiger partial charge is 0.410 e. The number of nitrogens with zero attached hydrogens (tertiary/aromatic N) is 7. The highest BCUT2D eigenvalue weighted by Crippen LogP contribution is 2.53. The Kier molecular flexibility index (Phi) is 7.27. The summed E-state index contributed by atoms with van der Waals surface area (Å²) in [7, 11) is 3.78. The van der Waals surface area contributed by atoms with Crippen LogP contribution in [-0.2, 0) is 31.3 Å². The molecular formula is C32H48N8O2. The lowest BCUT2D eigenvalue weighted by molar-refractivity contribution is 0.00524. The molecule has 3 aromatic heterocycles. The molecule has 4 aliphatic rings. The number of fused-ring (bicyclic) bond motifs is 5. The molecule has 0 spiro atoms. The van der Waals surface area contributed by atoms with Crippen molar-refractivity contribution in [3.63, 3.8) is 0 Å². The van der Waals surface area contributed by atoms with E-state index in [0.29, 0.717) is 12.0 Å². The average Bonchev–Trinajstić information content (AvgIpc) is 3.46. The molecule has 3 saturated carbocycles. The third-order valence-corrected chi connectivity index (χ3v) is 10.0. The highest BCUT2D eigenvalue weighted by molar-refractivity contribution is 5.89. The van der Waals surface area contributed by atoms with Gasteiger partial charge >= 0.3 is 6.09 Å². The summed E-state index contributed by atoms with van der Waals surface area (Å²) in [5, 5.41) is 14.6. The third kappa shape index (κ3) is 5.50. The van der Waals surface area contributed by atoms with Crippen molar-refractivity contribution in [2.24, 2.45) is 12.5 Å². The number of likely N-dealkylation sites (N-methyl/N-ethyl adjacent to an activating group) is 1.